The van der Waals surface area contributed by atoms with E-state index in [1.807, 2.05) is 63.7 Å². The van der Waals surface area contributed by atoms with Crippen LogP contribution in [0.15, 0.2) is 53.5 Å². The molecule has 0 N–H and O–H groups in total. The third-order valence-electron chi connectivity index (χ3n) is 8.53. The largest absolute Gasteiger partial charge is 0.454 e. The molecule has 0 spiro atoms. The third kappa shape index (κ3) is 3.77. The molecule has 8 nitrogen and oxygen atoms in total. The minimum Gasteiger partial charge on any atom is -0.454 e. The van der Waals surface area contributed by atoms with Gasteiger partial charge in [-0.1, -0.05) is 37.1 Å². The first-order chi connectivity index (χ1) is 18.6. The van der Waals surface area contributed by atoms with Gasteiger partial charge in [-0.25, -0.2) is 0 Å². The second-order valence-electron chi connectivity index (χ2n) is 10.7. The molecule has 1 amide bonds. The lowest BCUT2D eigenvalue weighted by Gasteiger charge is -2.35. The maximum atomic E-state index is 14.1. The SMILES string of the molecule is Cn1c2ccccc2c2c(C(=O)N3CCN(Cc4ccc5c(c4)OCO5)CC3)cn(C3CCCC3)c(=O)c21. The number of pyridine rings is 1. The molecule has 2 aromatic heterocycles. The molecule has 2 fully saturated rings. The average molecular weight is 513 g/mol. The molecule has 1 aliphatic carbocycles. The normalized spacial score (nSPS) is 18.2. The second kappa shape index (κ2) is 9.20. The van der Waals surface area contributed by atoms with Crippen molar-refractivity contribution >= 4 is 27.7 Å². The summed E-state index contributed by atoms with van der Waals surface area (Å²) in [5.74, 6) is 1.61. The first-order valence-electron chi connectivity index (χ1n) is 13.6. The molecule has 3 aliphatic rings. The molecular formula is C30H32N4O4. The van der Waals surface area contributed by atoms with E-state index in [-0.39, 0.29) is 24.3 Å². The molecule has 7 rings (SSSR count). The topological polar surface area (TPSA) is 68.9 Å². The Bertz CT molecular complexity index is 1610. The van der Waals surface area contributed by atoms with Crippen LogP contribution >= 0.6 is 0 Å². The molecule has 2 aromatic carbocycles. The molecule has 196 valence electrons. The van der Waals surface area contributed by atoms with E-state index in [9.17, 15) is 9.59 Å². The third-order valence-corrected chi connectivity index (χ3v) is 8.53. The van der Waals surface area contributed by atoms with Crippen LogP contribution < -0.4 is 15.0 Å². The number of rotatable bonds is 4. The fraction of sp³-hybridized carbons (Fsp3) is 0.400. The van der Waals surface area contributed by atoms with Crippen LogP contribution in [0.2, 0.25) is 0 Å². The summed E-state index contributed by atoms with van der Waals surface area (Å²) in [5.41, 5.74) is 3.44. The van der Waals surface area contributed by atoms with Gasteiger partial charge < -0.3 is 23.5 Å². The summed E-state index contributed by atoms with van der Waals surface area (Å²) < 4.78 is 14.8. The number of benzene rings is 2. The number of fused-ring (bicyclic) bond motifs is 4. The van der Waals surface area contributed by atoms with Gasteiger partial charge in [0.15, 0.2) is 11.5 Å². The highest BCUT2D eigenvalue weighted by molar-refractivity contribution is 6.17. The van der Waals surface area contributed by atoms with Gasteiger partial charge in [-0.2, -0.15) is 0 Å². The molecule has 1 saturated heterocycles. The highest BCUT2D eigenvalue weighted by Crippen LogP contribution is 2.34. The quantitative estimate of drug-likeness (QED) is 0.408. The molecule has 4 heterocycles. The van der Waals surface area contributed by atoms with E-state index in [1.165, 1.54) is 5.56 Å². The van der Waals surface area contributed by atoms with Gasteiger partial charge in [0.05, 0.1) is 5.56 Å². The Morgan fingerprint density at radius 3 is 2.55 bits per heavy atom. The fourth-order valence-electron chi connectivity index (χ4n) is 6.49. The number of carbonyl (C=O) groups excluding carboxylic acids is 1. The van der Waals surface area contributed by atoms with Gasteiger partial charge in [0.25, 0.3) is 11.5 Å². The Hall–Kier alpha value is -3.78. The van der Waals surface area contributed by atoms with Crippen molar-refractivity contribution in [1.82, 2.24) is 18.9 Å². The first-order valence-corrected chi connectivity index (χ1v) is 13.6. The van der Waals surface area contributed by atoms with E-state index >= 15 is 0 Å². The van der Waals surface area contributed by atoms with E-state index in [0.29, 0.717) is 24.2 Å². The molecule has 4 aromatic rings. The summed E-state index contributed by atoms with van der Waals surface area (Å²) in [4.78, 5) is 32.2. The van der Waals surface area contributed by atoms with Crippen LogP contribution in [0.1, 0.15) is 47.6 Å². The lowest BCUT2D eigenvalue weighted by molar-refractivity contribution is 0.0629. The molecular weight excluding hydrogens is 480 g/mol. The molecule has 0 radical (unpaired) electrons. The van der Waals surface area contributed by atoms with Crippen LogP contribution in [-0.2, 0) is 13.6 Å². The van der Waals surface area contributed by atoms with Gasteiger partial charge in [0.2, 0.25) is 6.79 Å². The Morgan fingerprint density at radius 2 is 1.74 bits per heavy atom. The molecule has 0 unspecified atom stereocenters. The summed E-state index contributed by atoms with van der Waals surface area (Å²) in [6.07, 6.45) is 6.09. The highest BCUT2D eigenvalue weighted by atomic mass is 16.7. The van der Waals surface area contributed by atoms with Gasteiger partial charge in [0.1, 0.15) is 5.52 Å². The Labute approximate surface area is 220 Å². The maximum absolute atomic E-state index is 14.1. The number of aromatic nitrogens is 2. The van der Waals surface area contributed by atoms with Crippen LogP contribution in [0.3, 0.4) is 0 Å². The smallest absolute Gasteiger partial charge is 0.275 e. The number of hydrogen-bond donors (Lipinski definition) is 0. The zero-order valence-corrected chi connectivity index (χ0v) is 21.7. The molecule has 0 atom stereocenters. The Morgan fingerprint density at radius 1 is 0.974 bits per heavy atom. The zero-order chi connectivity index (χ0) is 25.8. The van der Waals surface area contributed by atoms with Crippen molar-refractivity contribution in [2.45, 2.75) is 38.3 Å². The second-order valence-corrected chi connectivity index (χ2v) is 10.7. The van der Waals surface area contributed by atoms with Crippen molar-refractivity contribution in [3.63, 3.8) is 0 Å². The predicted octanol–water partition coefficient (Wildman–Crippen LogP) is 4.30. The molecule has 8 heteroatoms. The number of piperazine rings is 1. The van der Waals surface area contributed by atoms with Gasteiger partial charge >= 0.3 is 0 Å². The van der Waals surface area contributed by atoms with Crippen LogP contribution in [0.5, 0.6) is 11.5 Å². The Balaban J connectivity index is 1.19. The number of para-hydroxylation sites is 1. The predicted molar refractivity (Wildman–Crippen MR) is 146 cm³/mol. The summed E-state index contributed by atoms with van der Waals surface area (Å²) in [7, 11) is 1.94. The van der Waals surface area contributed by atoms with Crippen molar-refractivity contribution in [3.8, 4) is 11.5 Å². The summed E-state index contributed by atoms with van der Waals surface area (Å²) in [6, 6.07) is 14.3. The number of aryl methyl sites for hydroxylation is 1. The lowest BCUT2D eigenvalue weighted by Crippen LogP contribution is -2.48. The molecule has 1 saturated carbocycles. The van der Waals surface area contributed by atoms with Crippen molar-refractivity contribution in [3.05, 3.63) is 70.1 Å². The van der Waals surface area contributed by atoms with Crippen molar-refractivity contribution in [2.24, 2.45) is 7.05 Å². The highest BCUT2D eigenvalue weighted by Gasteiger charge is 2.29. The summed E-state index contributed by atoms with van der Waals surface area (Å²) >= 11 is 0. The lowest BCUT2D eigenvalue weighted by atomic mass is 10.1. The average Bonchev–Trinajstić information content (AvgIpc) is 3.70. The molecule has 38 heavy (non-hydrogen) atoms. The number of ether oxygens (including phenoxy) is 2. The summed E-state index contributed by atoms with van der Waals surface area (Å²) in [6.45, 7) is 3.97. The van der Waals surface area contributed by atoms with Crippen molar-refractivity contribution < 1.29 is 14.3 Å². The van der Waals surface area contributed by atoms with Gasteiger partial charge in [0, 0.05) is 68.3 Å². The zero-order valence-electron chi connectivity index (χ0n) is 21.7. The number of hydrogen-bond acceptors (Lipinski definition) is 5. The van der Waals surface area contributed by atoms with Gasteiger partial charge in [-0.05, 0) is 36.6 Å². The number of nitrogens with zero attached hydrogens (tertiary/aromatic N) is 4. The van der Waals surface area contributed by atoms with Gasteiger partial charge in [-0.15, -0.1) is 0 Å². The van der Waals surface area contributed by atoms with E-state index < -0.39 is 0 Å². The van der Waals surface area contributed by atoms with Crippen molar-refractivity contribution in [1.29, 1.82) is 0 Å². The van der Waals surface area contributed by atoms with Crippen LogP contribution in [0.4, 0.5) is 0 Å². The first kappa shape index (κ1) is 23.3. The Kier molecular flexibility index (Phi) is 5.65. The van der Waals surface area contributed by atoms with E-state index in [1.54, 1.807) is 0 Å². The standard InChI is InChI=1S/C30H32N4O4/c1-31-24-9-5-4-8-22(24)27-23(18-34(30(36)28(27)31)21-6-2-3-7-21)29(35)33-14-12-32(13-15-33)17-20-10-11-25-26(16-20)38-19-37-25/h4-5,8-11,16,18,21H,2-3,6-7,12-15,17,19H2,1H3. The van der Waals surface area contributed by atoms with E-state index in [4.69, 9.17) is 9.47 Å². The molecule has 0 bridgehead atoms. The number of amides is 1. The molecule has 2 aliphatic heterocycles. The minimum absolute atomic E-state index is 0.00990. The number of carbonyl (C=O) groups is 1. The van der Waals surface area contributed by atoms with Crippen LogP contribution in [-0.4, -0.2) is 57.8 Å². The van der Waals surface area contributed by atoms with Crippen LogP contribution in [0, 0.1) is 0 Å². The maximum Gasteiger partial charge on any atom is 0.275 e. The van der Waals surface area contributed by atoms with Gasteiger partial charge in [-0.3, -0.25) is 14.5 Å². The van der Waals surface area contributed by atoms with E-state index in [2.05, 4.69) is 11.0 Å². The van der Waals surface area contributed by atoms with E-state index in [0.717, 1.165) is 73.1 Å². The van der Waals surface area contributed by atoms with Crippen molar-refractivity contribution in [2.75, 3.05) is 33.0 Å². The summed E-state index contributed by atoms with van der Waals surface area (Å²) in [5, 5.41) is 1.75. The minimum atomic E-state index is 0.00990. The van der Waals surface area contributed by atoms with Crippen LogP contribution in [0.25, 0.3) is 21.8 Å². The monoisotopic (exact) mass is 512 g/mol. The fourth-order valence-corrected chi connectivity index (χ4v) is 6.49.